The molecule has 0 atom stereocenters. The van der Waals surface area contributed by atoms with E-state index in [1.807, 2.05) is 49.3 Å². The van der Waals surface area contributed by atoms with Crippen LogP contribution >= 0.6 is 0 Å². The Balaban J connectivity index is 0.000000104. The van der Waals surface area contributed by atoms with E-state index < -0.39 is 0 Å². The first kappa shape index (κ1) is 83.6. The van der Waals surface area contributed by atoms with Gasteiger partial charge in [0.2, 0.25) is 0 Å². The number of hydrogen-bond donors (Lipinski definition) is 0. The van der Waals surface area contributed by atoms with Crippen LogP contribution < -0.4 is 0 Å². The molecule has 0 N–H and O–H groups in total. The molecule has 0 spiro atoms. The van der Waals surface area contributed by atoms with Crippen molar-refractivity contribution in [2.75, 3.05) is 0 Å². The molecule has 682 valence electrons. The molecule has 8 heterocycles. The number of furan rings is 1. The Morgan fingerprint density at radius 3 is 1.09 bits per heavy atom. The monoisotopic (exact) mass is 1860 g/mol. The van der Waals surface area contributed by atoms with E-state index in [-0.39, 0.29) is 5.41 Å². The second-order valence-corrected chi connectivity index (χ2v) is 38.9. The Kier molecular flexibility index (Phi) is 19.1. The molecule has 0 saturated carbocycles. The van der Waals surface area contributed by atoms with Crippen LogP contribution in [0.4, 0.5) is 0 Å². The fraction of sp³-hybridized carbons (Fsp3) is 0.0222. The van der Waals surface area contributed by atoms with Gasteiger partial charge < -0.3 is 22.7 Å². The smallest absolute Gasteiger partial charge is 0.135 e. The molecule has 11 heteroatoms. The lowest BCUT2D eigenvalue weighted by molar-refractivity contribution is 0.660. The van der Waals surface area contributed by atoms with Gasteiger partial charge in [-0.05, 0) is 255 Å². The zero-order valence-electron chi connectivity index (χ0n) is 79.6. The van der Waals surface area contributed by atoms with E-state index in [0.717, 1.165) is 121 Å². The lowest BCUT2D eigenvalue weighted by atomic mass is 9.81. The van der Waals surface area contributed by atoms with Gasteiger partial charge in [0.05, 0.1) is 98.4 Å². The van der Waals surface area contributed by atoms with Crippen molar-refractivity contribution in [1.82, 2.24) is 48.9 Å². The molecule has 0 fully saturated rings. The average Bonchev–Trinajstić information content (AvgIpc) is 1.56. The lowest BCUT2D eigenvalue weighted by Crippen LogP contribution is -2.14. The van der Waals surface area contributed by atoms with E-state index in [1.54, 1.807) is 0 Å². The van der Waals surface area contributed by atoms with Gasteiger partial charge in [0.25, 0.3) is 0 Å². The molecule has 0 unspecified atom stereocenters. The summed E-state index contributed by atoms with van der Waals surface area (Å²) in [5.74, 6) is 0. The molecule has 30 aromatic rings. The van der Waals surface area contributed by atoms with Crippen LogP contribution in [-0.2, 0) is 5.41 Å². The number of hydrogen-bond acceptors (Lipinski definition) is 7. The van der Waals surface area contributed by atoms with Gasteiger partial charge in [-0.2, -0.15) is 30.6 Å². The summed E-state index contributed by atoms with van der Waals surface area (Å²) in [6.45, 7) is 4.67. The van der Waals surface area contributed by atoms with Crippen LogP contribution in [0.1, 0.15) is 25.0 Å². The topological polar surface area (TPSA) is 110 Å². The van der Waals surface area contributed by atoms with E-state index in [9.17, 15) is 0 Å². The molecular weight excluding hydrogens is 1780 g/mol. The first-order valence-corrected chi connectivity index (χ1v) is 49.7. The van der Waals surface area contributed by atoms with Gasteiger partial charge in [-0.1, -0.05) is 329 Å². The molecule has 0 bridgehead atoms. The zero-order valence-corrected chi connectivity index (χ0v) is 79.6. The lowest BCUT2D eigenvalue weighted by Gasteiger charge is -2.22. The predicted molar refractivity (Wildman–Crippen MR) is 606 cm³/mol. The minimum absolute atomic E-state index is 0.0676. The van der Waals surface area contributed by atoms with Gasteiger partial charge in [0.15, 0.2) is 0 Å². The molecule has 11 nitrogen and oxygen atoms in total. The summed E-state index contributed by atoms with van der Waals surface area (Å²) in [5, 5.41) is 52.3. The molecule has 0 aliphatic heterocycles. The highest BCUT2D eigenvalue weighted by molar-refractivity contribution is 6.23. The Hall–Kier alpha value is -19.4. The van der Waals surface area contributed by atoms with Crippen LogP contribution in [0.5, 0.6) is 0 Å². The van der Waals surface area contributed by atoms with Crippen molar-refractivity contribution in [3.05, 3.63) is 497 Å². The van der Waals surface area contributed by atoms with Gasteiger partial charge in [0, 0.05) is 97.3 Å². The van der Waals surface area contributed by atoms with E-state index in [1.165, 1.54) is 164 Å². The van der Waals surface area contributed by atoms with Crippen molar-refractivity contribution in [2.45, 2.75) is 19.3 Å². The molecule has 146 heavy (non-hydrogen) atoms. The highest BCUT2D eigenvalue weighted by Crippen LogP contribution is 2.53. The standard InChI is InChI=1S/C48H30N4.C45H31N3.C42H25N3O/c1-3-11-31(12-4-1)34-20-23-45-40(26-34)41-25-32-13-7-8-14-33(32)27-48(41)52(45)46-24-22-37(42-29-49-50-30-43(42)46)35-19-21-39-38-17-9-10-18-44(38)51(47(39)28-35)36-15-5-2-6-16-36;1-45(2)40-15-9-8-14-34(40)35-18-16-32(24-41(35)45)33-19-21-43(39-27-47-46-26-38(33)39)48-42-20-17-31(28-10-4-3-5-11-28)23-36(42)37-22-29-12-6-7-13-30(29)25-44(37)48;1-2-9-26(10-3-1)31-14-8-15-38-42(31)34-21-27-11-4-5-12-28(27)23-39(34)45(38)37-19-18-30(35-24-43-44-25-36(35)37)29-17-20-41-33(22-29)32-13-6-7-16-40(32)46-41/h1-30H;3-27H,1-2H3;1-25H. The molecule has 8 aromatic heterocycles. The maximum Gasteiger partial charge on any atom is 0.135 e. The maximum absolute atomic E-state index is 6.13. The highest BCUT2D eigenvalue weighted by Gasteiger charge is 2.36. The SMILES string of the molecule is CC1(C)c2ccccc2-c2ccc(-c3ccc(-n4c5ccc(-c6ccccc6)cc5c5cc6ccccc6cc54)c4cnncc34)cc21.c1ccc(-c2ccc3c(c2)c2cc4ccccc4cc2n3-c2ccc(-c3ccc4c5ccccc5n(-c5ccccc5)c4c3)c3cnncc23)cc1.c1ccc(-c2cccc3c2c2cc4ccccc4cc2n3-c2ccc(-c3ccc4oc5ccccc5c4c3)c3cnncc23)cc1. The van der Waals surface area contributed by atoms with Crippen molar-refractivity contribution in [1.29, 1.82) is 0 Å². The quantitative estimate of drug-likeness (QED) is 0.134. The second-order valence-electron chi connectivity index (χ2n) is 38.9. The van der Waals surface area contributed by atoms with Gasteiger partial charge in [-0.15, -0.1) is 0 Å². The molecule has 0 saturated heterocycles. The number of para-hydroxylation sites is 3. The normalized spacial score (nSPS) is 12.4. The summed E-state index contributed by atoms with van der Waals surface area (Å²) in [5.41, 5.74) is 35.0. The number of rotatable bonds is 10. The van der Waals surface area contributed by atoms with Gasteiger partial charge in [-0.3, -0.25) is 0 Å². The summed E-state index contributed by atoms with van der Waals surface area (Å²) in [6.07, 6.45) is 11.5. The first-order chi connectivity index (χ1) is 72.2. The van der Waals surface area contributed by atoms with E-state index in [4.69, 9.17) is 4.42 Å². The third-order valence-corrected chi connectivity index (χ3v) is 30.6. The number of benzene rings is 22. The zero-order chi connectivity index (χ0) is 96.3. The van der Waals surface area contributed by atoms with Crippen LogP contribution in [0.2, 0.25) is 0 Å². The van der Waals surface area contributed by atoms with Crippen molar-refractivity contribution in [3.8, 4) is 101 Å². The van der Waals surface area contributed by atoms with Gasteiger partial charge in [-0.25, -0.2) is 0 Å². The fourth-order valence-corrected chi connectivity index (χ4v) is 23.8. The summed E-state index contributed by atoms with van der Waals surface area (Å²) in [6, 6.07) is 162. The average molecular weight is 1860 g/mol. The Labute approximate surface area is 838 Å². The molecule has 22 aromatic carbocycles. The maximum atomic E-state index is 6.13. The molecule has 0 radical (unpaired) electrons. The molecule has 1 aliphatic rings. The molecular formula is C135H86N10O. The number of nitrogens with zero attached hydrogens (tertiary/aromatic N) is 10. The Morgan fingerprint density at radius 2 is 0.534 bits per heavy atom. The summed E-state index contributed by atoms with van der Waals surface area (Å²) in [7, 11) is 0. The summed E-state index contributed by atoms with van der Waals surface area (Å²) in [4.78, 5) is 0. The van der Waals surface area contributed by atoms with E-state index in [0.29, 0.717) is 0 Å². The predicted octanol–water partition coefficient (Wildman–Crippen LogP) is 34.9. The van der Waals surface area contributed by atoms with E-state index >= 15 is 0 Å². The van der Waals surface area contributed by atoms with Crippen LogP contribution in [-0.4, -0.2) is 48.9 Å². The molecule has 31 rings (SSSR count). The third kappa shape index (κ3) is 13.4. The first-order valence-electron chi connectivity index (χ1n) is 49.7. The van der Waals surface area contributed by atoms with Crippen molar-refractivity contribution >= 4 is 174 Å². The summed E-state index contributed by atoms with van der Waals surface area (Å²) >= 11 is 0. The van der Waals surface area contributed by atoms with Crippen LogP contribution in [0.25, 0.3) is 274 Å². The number of aromatic nitrogens is 10. The Morgan fingerprint density at radius 1 is 0.178 bits per heavy atom. The van der Waals surface area contributed by atoms with E-state index in [2.05, 4.69) is 499 Å². The van der Waals surface area contributed by atoms with Crippen molar-refractivity contribution in [2.24, 2.45) is 0 Å². The fourth-order valence-electron chi connectivity index (χ4n) is 23.8. The summed E-state index contributed by atoms with van der Waals surface area (Å²) < 4.78 is 15.7. The van der Waals surface area contributed by atoms with Gasteiger partial charge >= 0.3 is 0 Å². The minimum atomic E-state index is -0.0676. The largest absolute Gasteiger partial charge is 0.456 e. The second kappa shape index (κ2) is 33.4. The number of fused-ring (bicyclic) bond motifs is 24. The van der Waals surface area contributed by atoms with Crippen molar-refractivity contribution in [3.63, 3.8) is 0 Å². The minimum Gasteiger partial charge on any atom is -0.456 e. The highest BCUT2D eigenvalue weighted by atomic mass is 16.3. The van der Waals surface area contributed by atoms with Crippen LogP contribution in [0.15, 0.2) is 491 Å². The molecule has 1 aliphatic carbocycles. The van der Waals surface area contributed by atoms with Crippen LogP contribution in [0.3, 0.4) is 0 Å². The Bertz CT molecular complexity index is 10600. The van der Waals surface area contributed by atoms with Gasteiger partial charge in [0.1, 0.15) is 11.2 Å². The van der Waals surface area contributed by atoms with Crippen molar-refractivity contribution < 1.29 is 4.42 Å². The van der Waals surface area contributed by atoms with Crippen LogP contribution in [0, 0.1) is 0 Å². The third-order valence-electron chi connectivity index (χ3n) is 30.6. The molecule has 0 amide bonds.